The molecule has 3 aliphatic carbocycles. The van der Waals surface area contributed by atoms with E-state index in [2.05, 4.69) is 15.6 Å². The number of esters is 1. The Balaban J connectivity index is 1.04. The van der Waals surface area contributed by atoms with E-state index >= 15 is 0 Å². The van der Waals surface area contributed by atoms with Crippen LogP contribution in [-0.2, 0) is 28.7 Å². The number of hydrogen-bond acceptors (Lipinski definition) is 10. The number of nitrogens with zero attached hydrogens (tertiary/aromatic N) is 4. The summed E-state index contributed by atoms with van der Waals surface area (Å²) < 4.78 is 16.9. The van der Waals surface area contributed by atoms with Gasteiger partial charge in [0.05, 0.1) is 18.7 Å². The third kappa shape index (κ3) is 9.61. The predicted octanol–water partition coefficient (Wildman–Crippen LogP) is 3.74. The van der Waals surface area contributed by atoms with Crippen LogP contribution in [-0.4, -0.2) is 126 Å². The van der Waals surface area contributed by atoms with Gasteiger partial charge in [0.15, 0.2) is 6.61 Å². The van der Waals surface area contributed by atoms with Crippen LogP contribution in [0.15, 0.2) is 24.3 Å². The lowest BCUT2D eigenvalue weighted by Crippen LogP contribution is -2.56. The number of benzene rings is 1. The third-order valence-electron chi connectivity index (χ3n) is 12.5. The zero-order valence-corrected chi connectivity index (χ0v) is 33.2. The van der Waals surface area contributed by atoms with Gasteiger partial charge < -0.3 is 39.5 Å². The minimum Gasteiger partial charge on any atom is -0.483 e. The molecular weight excluding hydrogens is 732 g/mol. The standard InChI is InChI=1S/C42H56N6O9/c1-3-55-42(54)47-18-16-46(17-19-47)41(53)32(13-14-38(50)57-24-29-22-27-10-11-28(29)21-27)45-39(51)34-23-36(31-12-9-26(2)20-33(31)44-34)56-25-37(49)48-15-5-8-35(48)40(52)43-30-6-4-7-30/h9,12,20,23,27-30,32,35H,3-8,10-11,13-19,21-22,24-25H2,1-2H3,(H,43,52)(H,45,51)/t27-,28+,29?,32-,35-/m0/s1. The highest BCUT2D eigenvalue weighted by atomic mass is 16.6. The highest BCUT2D eigenvalue weighted by Gasteiger charge is 2.40. The van der Waals surface area contributed by atoms with Gasteiger partial charge in [0.2, 0.25) is 11.8 Å². The summed E-state index contributed by atoms with van der Waals surface area (Å²) in [6, 6.07) is 5.50. The molecule has 7 rings (SSSR count). The maximum atomic E-state index is 14.0. The first kappa shape index (κ1) is 40.3. The molecule has 15 heteroatoms. The summed E-state index contributed by atoms with van der Waals surface area (Å²) >= 11 is 0. The molecule has 1 unspecified atom stereocenters. The van der Waals surface area contributed by atoms with Crippen molar-refractivity contribution in [3.63, 3.8) is 0 Å². The molecule has 5 amide bonds. The number of fused-ring (bicyclic) bond motifs is 3. The van der Waals surface area contributed by atoms with Crippen LogP contribution in [0.4, 0.5) is 4.79 Å². The summed E-state index contributed by atoms with van der Waals surface area (Å²) in [6.45, 7) is 5.37. The van der Waals surface area contributed by atoms with E-state index in [1.165, 1.54) is 30.2 Å². The minimum atomic E-state index is -1.08. The van der Waals surface area contributed by atoms with Gasteiger partial charge in [-0.1, -0.05) is 12.5 Å². The molecule has 5 atom stereocenters. The summed E-state index contributed by atoms with van der Waals surface area (Å²) in [5.74, 6) is 0.0596. The maximum absolute atomic E-state index is 14.0. The Kier molecular flexibility index (Phi) is 12.8. The fourth-order valence-electron chi connectivity index (χ4n) is 9.10. The second-order valence-electron chi connectivity index (χ2n) is 16.4. The van der Waals surface area contributed by atoms with Gasteiger partial charge in [0.25, 0.3) is 11.8 Å². The van der Waals surface area contributed by atoms with Gasteiger partial charge in [0.1, 0.15) is 23.5 Å². The molecule has 3 saturated carbocycles. The van der Waals surface area contributed by atoms with E-state index in [1.807, 2.05) is 19.1 Å². The summed E-state index contributed by atoms with van der Waals surface area (Å²) in [7, 11) is 0. The largest absolute Gasteiger partial charge is 0.483 e. The molecule has 2 N–H and O–H groups in total. The topological polar surface area (TPSA) is 177 Å². The number of hydrogen-bond donors (Lipinski definition) is 2. The zero-order valence-electron chi connectivity index (χ0n) is 33.2. The molecular formula is C42H56N6O9. The molecule has 1 aromatic heterocycles. The summed E-state index contributed by atoms with van der Waals surface area (Å²) in [6.07, 6.45) is 8.53. The van der Waals surface area contributed by atoms with Gasteiger partial charge in [-0.2, -0.15) is 0 Å². The second kappa shape index (κ2) is 18.1. The van der Waals surface area contributed by atoms with E-state index in [0.29, 0.717) is 42.3 Å². The van der Waals surface area contributed by atoms with Gasteiger partial charge in [0, 0.05) is 56.6 Å². The first-order chi connectivity index (χ1) is 27.6. The molecule has 3 heterocycles. The number of ether oxygens (including phenoxy) is 3. The molecule has 2 aromatic rings. The average molecular weight is 789 g/mol. The van der Waals surface area contributed by atoms with Crippen molar-refractivity contribution >= 4 is 46.6 Å². The molecule has 2 bridgehead atoms. The Hall–Kier alpha value is -4.95. The van der Waals surface area contributed by atoms with Crippen molar-refractivity contribution in [2.45, 2.75) is 103 Å². The normalized spacial score (nSPS) is 23.5. The fourth-order valence-corrected chi connectivity index (χ4v) is 9.10. The number of carbonyl (C=O) groups is 6. The minimum absolute atomic E-state index is 0.00803. The Labute approximate surface area is 333 Å². The molecule has 57 heavy (non-hydrogen) atoms. The van der Waals surface area contributed by atoms with Crippen molar-refractivity contribution in [3.05, 3.63) is 35.5 Å². The first-order valence-corrected chi connectivity index (χ1v) is 20.9. The van der Waals surface area contributed by atoms with E-state index in [-0.39, 0.29) is 87.4 Å². The summed E-state index contributed by atoms with van der Waals surface area (Å²) in [5.41, 5.74) is 1.33. The van der Waals surface area contributed by atoms with Gasteiger partial charge in [-0.05, 0) is 107 Å². The van der Waals surface area contributed by atoms with Crippen LogP contribution in [0.5, 0.6) is 5.75 Å². The summed E-state index contributed by atoms with van der Waals surface area (Å²) in [5, 5.41) is 6.49. The average Bonchev–Trinajstić information content (AvgIpc) is 3.97. The van der Waals surface area contributed by atoms with Gasteiger partial charge in [-0.3, -0.25) is 24.0 Å². The van der Waals surface area contributed by atoms with E-state index in [9.17, 15) is 28.8 Å². The summed E-state index contributed by atoms with van der Waals surface area (Å²) in [4.78, 5) is 89.1. The lowest BCUT2D eigenvalue weighted by atomic mass is 9.89. The first-order valence-electron chi connectivity index (χ1n) is 20.9. The number of aromatic nitrogens is 1. The molecule has 2 aliphatic heterocycles. The van der Waals surface area contributed by atoms with Crippen LogP contribution >= 0.6 is 0 Å². The maximum Gasteiger partial charge on any atom is 0.409 e. The van der Waals surface area contributed by atoms with Crippen LogP contribution in [0.3, 0.4) is 0 Å². The number of amides is 5. The van der Waals surface area contributed by atoms with Crippen LogP contribution in [0.1, 0.15) is 93.6 Å². The van der Waals surface area contributed by atoms with Crippen molar-refractivity contribution in [1.82, 2.24) is 30.3 Å². The van der Waals surface area contributed by atoms with Crippen molar-refractivity contribution in [2.24, 2.45) is 17.8 Å². The third-order valence-corrected chi connectivity index (χ3v) is 12.5. The van der Waals surface area contributed by atoms with Gasteiger partial charge >= 0.3 is 12.1 Å². The molecule has 1 aromatic carbocycles. The van der Waals surface area contributed by atoms with Crippen molar-refractivity contribution < 1.29 is 43.0 Å². The van der Waals surface area contributed by atoms with Crippen LogP contribution in [0, 0.1) is 24.7 Å². The highest BCUT2D eigenvalue weighted by molar-refractivity contribution is 5.99. The molecule has 0 spiro atoms. The Morgan fingerprint density at radius 1 is 0.895 bits per heavy atom. The van der Waals surface area contributed by atoms with Gasteiger partial charge in [-0.15, -0.1) is 0 Å². The van der Waals surface area contributed by atoms with E-state index in [0.717, 1.165) is 43.6 Å². The van der Waals surface area contributed by atoms with Crippen molar-refractivity contribution in [2.75, 3.05) is 52.5 Å². The zero-order chi connectivity index (χ0) is 40.1. The number of pyridine rings is 1. The van der Waals surface area contributed by atoms with Crippen molar-refractivity contribution in [3.8, 4) is 5.75 Å². The fraction of sp³-hybridized carbons (Fsp3) is 0.643. The Bertz CT molecular complexity index is 1840. The number of carbonyl (C=O) groups excluding carboxylic acids is 6. The molecule has 2 saturated heterocycles. The molecule has 308 valence electrons. The smallest absolute Gasteiger partial charge is 0.409 e. The van der Waals surface area contributed by atoms with E-state index < -0.39 is 30.1 Å². The number of aryl methyl sites for hydroxylation is 1. The van der Waals surface area contributed by atoms with Crippen molar-refractivity contribution in [1.29, 1.82) is 0 Å². The monoisotopic (exact) mass is 788 g/mol. The SMILES string of the molecule is CCOC(=O)N1CCN(C(=O)[C@H](CCC(=O)OCC2C[C@H]3CC[C@@H]2C3)NC(=O)c2cc(OCC(=O)N3CCC[C@H]3C(=O)NC3CCC3)c3ccc(C)cc3n2)CC1. The van der Waals surface area contributed by atoms with Gasteiger partial charge in [-0.25, -0.2) is 9.78 Å². The van der Waals surface area contributed by atoms with E-state index in [1.54, 1.807) is 22.8 Å². The quantitative estimate of drug-likeness (QED) is 0.268. The number of nitrogens with one attached hydrogen (secondary N) is 2. The molecule has 5 fully saturated rings. The second-order valence-corrected chi connectivity index (χ2v) is 16.4. The van der Waals surface area contributed by atoms with Crippen LogP contribution in [0.25, 0.3) is 10.9 Å². The number of piperazine rings is 1. The molecule has 15 nitrogen and oxygen atoms in total. The number of rotatable bonds is 14. The predicted molar refractivity (Wildman–Crippen MR) is 208 cm³/mol. The Morgan fingerprint density at radius 3 is 2.39 bits per heavy atom. The molecule has 0 radical (unpaired) electrons. The highest BCUT2D eigenvalue weighted by Crippen LogP contribution is 2.48. The van der Waals surface area contributed by atoms with Crippen LogP contribution in [0.2, 0.25) is 0 Å². The van der Waals surface area contributed by atoms with E-state index in [4.69, 9.17) is 14.2 Å². The Morgan fingerprint density at radius 2 is 1.68 bits per heavy atom. The lowest BCUT2D eigenvalue weighted by molar-refractivity contribution is -0.146. The lowest BCUT2D eigenvalue weighted by Gasteiger charge is -2.36. The van der Waals surface area contributed by atoms with Crippen LogP contribution < -0.4 is 15.4 Å². The number of likely N-dealkylation sites (tertiary alicyclic amines) is 1. The molecule has 5 aliphatic rings.